The van der Waals surface area contributed by atoms with Crippen molar-refractivity contribution in [1.29, 1.82) is 5.26 Å². The third kappa shape index (κ3) is 3.34. The van der Waals surface area contributed by atoms with Crippen LogP contribution in [0.4, 0.5) is 8.78 Å². The Hall–Kier alpha value is -1.22. The summed E-state index contributed by atoms with van der Waals surface area (Å²) in [5.74, 6) is -0.110. The van der Waals surface area contributed by atoms with Crippen LogP contribution < -0.4 is 4.74 Å². The number of aromatic nitrogens is 1. The van der Waals surface area contributed by atoms with Gasteiger partial charge in [0.25, 0.3) is 0 Å². The van der Waals surface area contributed by atoms with Crippen molar-refractivity contribution >= 4 is 15.9 Å². The SMILES string of the molecule is N#Cc1ccc(OC(F)(F)Br)cn1. The zero-order chi connectivity index (χ0) is 9.90. The highest BCUT2D eigenvalue weighted by molar-refractivity contribution is 9.09. The highest BCUT2D eigenvalue weighted by Gasteiger charge is 2.26. The molecule has 1 aromatic rings. The highest BCUT2D eigenvalue weighted by atomic mass is 79.9. The fourth-order valence-corrected chi connectivity index (χ4v) is 0.827. The van der Waals surface area contributed by atoms with Gasteiger partial charge in [-0.15, -0.1) is 0 Å². The van der Waals surface area contributed by atoms with Gasteiger partial charge in [-0.1, -0.05) is 0 Å². The quantitative estimate of drug-likeness (QED) is 0.755. The van der Waals surface area contributed by atoms with E-state index in [4.69, 9.17) is 5.26 Å². The van der Waals surface area contributed by atoms with Gasteiger partial charge in [0, 0.05) is 15.9 Å². The number of nitrogens with zero attached hydrogens (tertiary/aromatic N) is 2. The summed E-state index contributed by atoms with van der Waals surface area (Å²) >= 11 is 2.00. The number of rotatable bonds is 2. The second kappa shape index (κ2) is 3.66. The van der Waals surface area contributed by atoms with Crippen molar-refractivity contribution in [2.24, 2.45) is 0 Å². The fraction of sp³-hybridized carbons (Fsp3) is 0.143. The standard InChI is InChI=1S/C7H3BrF2N2O/c8-7(9,10)13-6-2-1-5(3-11)12-4-6/h1-2,4H. The van der Waals surface area contributed by atoms with Gasteiger partial charge in [-0.05, 0) is 12.1 Å². The maximum atomic E-state index is 12.2. The van der Waals surface area contributed by atoms with Gasteiger partial charge >= 0.3 is 5.02 Å². The average molecular weight is 249 g/mol. The molecule has 0 N–H and O–H groups in total. The number of hydrogen-bond acceptors (Lipinski definition) is 3. The van der Waals surface area contributed by atoms with Crippen LogP contribution in [0.3, 0.4) is 0 Å². The van der Waals surface area contributed by atoms with Crippen LogP contribution in [0.25, 0.3) is 0 Å². The molecule has 0 saturated carbocycles. The van der Waals surface area contributed by atoms with Crippen LogP contribution in [0.5, 0.6) is 5.75 Å². The lowest BCUT2D eigenvalue weighted by Gasteiger charge is -2.09. The molecular weight excluding hydrogens is 246 g/mol. The number of alkyl halides is 3. The molecule has 0 amide bonds. The number of halogens is 3. The van der Waals surface area contributed by atoms with Gasteiger partial charge in [0.2, 0.25) is 0 Å². The monoisotopic (exact) mass is 248 g/mol. The van der Waals surface area contributed by atoms with Crippen molar-refractivity contribution in [2.75, 3.05) is 0 Å². The molecule has 0 aliphatic carbocycles. The molecule has 0 unspecified atom stereocenters. The van der Waals surface area contributed by atoms with Gasteiger partial charge in [0.15, 0.2) is 0 Å². The third-order valence-corrected chi connectivity index (χ3v) is 1.25. The van der Waals surface area contributed by atoms with E-state index in [9.17, 15) is 8.78 Å². The molecule has 0 saturated heterocycles. The third-order valence-electron chi connectivity index (χ3n) is 1.08. The van der Waals surface area contributed by atoms with E-state index in [-0.39, 0.29) is 11.4 Å². The second-order valence-corrected chi connectivity index (χ2v) is 2.96. The van der Waals surface area contributed by atoms with Crippen LogP contribution >= 0.6 is 15.9 Å². The molecule has 1 aromatic heterocycles. The Labute approximate surface area is 81.1 Å². The summed E-state index contributed by atoms with van der Waals surface area (Å²) in [6.07, 6.45) is 1.05. The second-order valence-electron chi connectivity index (χ2n) is 2.04. The summed E-state index contributed by atoms with van der Waals surface area (Å²) in [6, 6.07) is 4.27. The molecule has 0 atom stereocenters. The van der Waals surface area contributed by atoms with Gasteiger partial charge in [0.1, 0.15) is 17.5 Å². The van der Waals surface area contributed by atoms with Crippen LogP contribution in [-0.2, 0) is 0 Å². The minimum Gasteiger partial charge on any atom is -0.422 e. The predicted octanol–water partition coefficient (Wildman–Crippen LogP) is 2.28. The fourth-order valence-electron chi connectivity index (χ4n) is 0.640. The van der Waals surface area contributed by atoms with Gasteiger partial charge in [-0.2, -0.15) is 14.0 Å². The van der Waals surface area contributed by atoms with Crippen LogP contribution in [0, 0.1) is 11.3 Å². The zero-order valence-corrected chi connectivity index (χ0v) is 7.75. The molecule has 0 aromatic carbocycles. The minimum absolute atomic E-state index is 0.110. The van der Waals surface area contributed by atoms with Crippen molar-refractivity contribution in [1.82, 2.24) is 4.98 Å². The highest BCUT2D eigenvalue weighted by Crippen LogP contribution is 2.25. The zero-order valence-electron chi connectivity index (χ0n) is 6.17. The molecule has 6 heteroatoms. The van der Waals surface area contributed by atoms with E-state index in [0.717, 1.165) is 6.20 Å². The summed E-state index contributed by atoms with van der Waals surface area (Å²) in [7, 11) is 0. The first-order chi connectivity index (χ1) is 6.01. The van der Waals surface area contributed by atoms with Crippen LogP contribution in [0.15, 0.2) is 18.3 Å². The van der Waals surface area contributed by atoms with E-state index >= 15 is 0 Å². The number of pyridine rings is 1. The Balaban J connectivity index is 2.77. The van der Waals surface area contributed by atoms with Crippen molar-refractivity contribution in [3.05, 3.63) is 24.0 Å². The van der Waals surface area contributed by atoms with Gasteiger partial charge < -0.3 is 4.74 Å². The topological polar surface area (TPSA) is 45.9 Å². The van der Waals surface area contributed by atoms with E-state index < -0.39 is 5.02 Å². The maximum absolute atomic E-state index is 12.2. The van der Waals surface area contributed by atoms with Gasteiger partial charge in [-0.25, -0.2) is 4.98 Å². The van der Waals surface area contributed by atoms with Crippen LogP contribution in [0.1, 0.15) is 5.69 Å². The van der Waals surface area contributed by atoms with E-state index in [1.807, 2.05) is 15.9 Å². The van der Waals surface area contributed by atoms with Gasteiger partial charge in [-0.3, -0.25) is 0 Å². The first kappa shape index (κ1) is 9.86. The Kier molecular flexibility index (Phi) is 2.78. The molecule has 0 radical (unpaired) electrons. The minimum atomic E-state index is -3.41. The molecule has 3 nitrogen and oxygen atoms in total. The van der Waals surface area contributed by atoms with Crippen LogP contribution in [0.2, 0.25) is 0 Å². The van der Waals surface area contributed by atoms with Crippen molar-refractivity contribution in [3.8, 4) is 11.8 Å². The first-order valence-electron chi connectivity index (χ1n) is 3.13. The predicted molar refractivity (Wildman–Crippen MR) is 43.5 cm³/mol. The smallest absolute Gasteiger partial charge is 0.422 e. The molecule has 0 aliphatic heterocycles. The molecule has 68 valence electrons. The summed E-state index contributed by atoms with van der Waals surface area (Å²) in [5.41, 5.74) is 0.144. The molecule has 0 fully saturated rings. The maximum Gasteiger partial charge on any atom is 0.459 e. The molecule has 13 heavy (non-hydrogen) atoms. The summed E-state index contributed by atoms with van der Waals surface area (Å²) < 4.78 is 28.5. The Morgan fingerprint density at radius 2 is 2.23 bits per heavy atom. The molecule has 1 rings (SSSR count). The number of ether oxygens (including phenoxy) is 1. The Bertz CT molecular complexity index is 328. The summed E-state index contributed by atoms with van der Waals surface area (Å²) in [6.45, 7) is 0. The lowest BCUT2D eigenvalue weighted by Crippen LogP contribution is -2.14. The van der Waals surface area contributed by atoms with Crippen LogP contribution in [-0.4, -0.2) is 10.0 Å². The largest absolute Gasteiger partial charge is 0.459 e. The number of nitriles is 1. The Morgan fingerprint density at radius 1 is 1.54 bits per heavy atom. The van der Waals surface area contributed by atoms with E-state index in [1.165, 1.54) is 12.1 Å². The summed E-state index contributed by atoms with van der Waals surface area (Å²) in [4.78, 5) is 3.54. The molecule has 1 heterocycles. The lowest BCUT2D eigenvalue weighted by molar-refractivity contribution is -0.0805. The van der Waals surface area contributed by atoms with Crippen molar-refractivity contribution < 1.29 is 13.5 Å². The molecule has 0 bridgehead atoms. The van der Waals surface area contributed by atoms with Crippen molar-refractivity contribution in [3.63, 3.8) is 0 Å². The van der Waals surface area contributed by atoms with E-state index in [1.54, 1.807) is 6.07 Å². The average Bonchev–Trinajstić information content (AvgIpc) is 2.03. The Morgan fingerprint density at radius 3 is 2.62 bits per heavy atom. The normalized spacial score (nSPS) is 10.6. The van der Waals surface area contributed by atoms with Gasteiger partial charge in [0.05, 0.1) is 6.20 Å². The summed E-state index contributed by atoms with van der Waals surface area (Å²) in [5, 5.41) is 4.94. The van der Waals surface area contributed by atoms with E-state index in [0.29, 0.717) is 0 Å². The molecule has 0 aliphatic rings. The first-order valence-corrected chi connectivity index (χ1v) is 3.92. The molecular formula is C7H3BrF2N2O. The van der Waals surface area contributed by atoms with E-state index in [2.05, 4.69) is 9.72 Å². The lowest BCUT2D eigenvalue weighted by atomic mass is 10.4. The van der Waals surface area contributed by atoms with Crippen molar-refractivity contribution in [2.45, 2.75) is 5.02 Å². The molecule has 0 spiro atoms. The number of hydrogen-bond donors (Lipinski definition) is 0.